The molecule has 0 spiro atoms. The first-order valence-corrected chi connectivity index (χ1v) is 9.99. The highest BCUT2D eigenvalue weighted by atomic mass is 19.1. The summed E-state index contributed by atoms with van der Waals surface area (Å²) in [7, 11) is 0. The summed E-state index contributed by atoms with van der Waals surface area (Å²) in [6.07, 6.45) is 0.799. The summed E-state index contributed by atoms with van der Waals surface area (Å²) in [6, 6.07) is 14.0. The first-order valence-electron chi connectivity index (χ1n) is 9.99. The molecule has 1 saturated carbocycles. The second-order valence-corrected chi connectivity index (χ2v) is 7.71. The normalized spacial score (nSPS) is 19.6. The maximum atomic E-state index is 13.4. The summed E-state index contributed by atoms with van der Waals surface area (Å²) in [4.78, 5) is 17.6. The number of halogens is 1. The number of nitrogens with one attached hydrogen (secondary N) is 1. The SMILES string of the molecule is CCn1c([C@H]2CC2C(=O)N[C@H](C)c2cc3cc(F)ccc3o2)nc2ccccc21. The molecule has 148 valence electrons. The van der Waals surface area contributed by atoms with E-state index in [1.807, 2.05) is 25.1 Å². The van der Waals surface area contributed by atoms with Crippen molar-refractivity contribution in [3.05, 3.63) is 65.9 Å². The monoisotopic (exact) mass is 391 g/mol. The van der Waals surface area contributed by atoms with Crippen molar-refractivity contribution in [1.82, 2.24) is 14.9 Å². The average molecular weight is 391 g/mol. The summed E-state index contributed by atoms with van der Waals surface area (Å²) in [5, 5.41) is 3.74. The zero-order valence-corrected chi connectivity index (χ0v) is 16.4. The molecule has 1 aliphatic carbocycles. The topological polar surface area (TPSA) is 60.1 Å². The number of rotatable bonds is 5. The highest BCUT2D eigenvalue weighted by molar-refractivity contribution is 5.84. The van der Waals surface area contributed by atoms with Crippen molar-refractivity contribution in [1.29, 1.82) is 0 Å². The van der Waals surface area contributed by atoms with Crippen LogP contribution < -0.4 is 5.32 Å². The molecule has 2 aromatic heterocycles. The van der Waals surface area contributed by atoms with Gasteiger partial charge in [0.05, 0.1) is 17.1 Å². The summed E-state index contributed by atoms with van der Waals surface area (Å²) < 4.78 is 21.4. The van der Waals surface area contributed by atoms with Crippen LogP contribution >= 0.6 is 0 Å². The minimum absolute atomic E-state index is 0.00356. The number of benzene rings is 2. The molecule has 0 saturated heterocycles. The number of fused-ring (bicyclic) bond motifs is 2. The Bertz CT molecular complexity index is 1230. The molecule has 1 aliphatic rings. The second-order valence-electron chi connectivity index (χ2n) is 7.71. The Balaban J connectivity index is 1.32. The molecule has 0 radical (unpaired) electrons. The van der Waals surface area contributed by atoms with E-state index in [4.69, 9.17) is 9.40 Å². The third-order valence-corrected chi connectivity index (χ3v) is 5.74. The molecule has 0 bridgehead atoms. The summed E-state index contributed by atoms with van der Waals surface area (Å²) in [6.45, 7) is 4.80. The van der Waals surface area contributed by atoms with E-state index in [9.17, 15) is 9.18 Å². The van der Waals surface area contributed by atoms with E-state index in [0.717, 1.165) is 29.8 Å². The van der Waals surface area contributed by atoms with Gasteiger partial charge in [0.25, 0.3) is 0 Å². The Morgan fingerprint density at radius 2 is 2.14 bits per heavy atom. The largest absolute Gasteiger partial charge is 0.459 e. The number of nitrogens with zero attached hydrogens (tertiary/aromatic N) is 2. The van der Waals surface area contributed by atoms with Crippen LogP contribution in [0.5, 0.6) is 0 Å². The number of amides is 1. The quantitative estimate of drug-likeness (QED) is 0.525. The van der Waals surface area contributed by atoms with Crippen LogP contribution in [0.4, 0.5) is 4.39 Å². The first-order chi connectivity index (χ1) is 14.0. The number of aromatic nitrogens is 2. The Morgan fingerprint density at radius 3 is 2.97 bits per heavy atom. The molecular weight excluding hydrogens is 369 g/mol. The lowest BCUT2D eigenvalue weighted by molar-refractivity contribution is -0.123. The van der Waals surface area contributed by atoms with Gasteiger partial charge in [-0.05, 0) is 56.7 Å². The molecule has 0 aliphatic heterocycles. The smallest absolute Gasteiger partial charge is 0.224 e. The van der Waals surface area contributed by atoms with Crippen LogP contribution in [-0.4, -0.2) is 15.5 Å². The fourth-order valence-corrected chi connectivity index (χ4v) is 4.12. The van der Waals surface area contributed by atoms with E-state index in [0.29, 0.717) is 16.7 Å². The Hall–Kier alpha value is -3.15. The Labute approximate surface area is 167 Å². The lowest BCUT2D eigenvalue weighted by Crippen LogP contribution is -2.28. The van der Waals surface area contributed by atoms with Crippen LogP contribution in [0.25, 0.3) is 22.0 Å². The molecule has 5 rings (SSSR count). The molecule has 5 nitrogen and oxygen atoms in total. The van der Waals surface area contributed by atoms with Gasteiger partial charge in [-0.25, -0.2) is 9.37 Å². The number of carbonyl (C=O) groups is 1. The van der Waals surface area contributed by atoms with Crippen LogP contribution in [0, 0.1) is 11.7 Å². The summed E-state index contributed by atoms with van der Waals surface area (Å²) >= 11 is 0. The van der Waals surface area contributed by atoms with Crippen molar-refractivity contribution >= 4 is 27.9 Å². The lowest BCUT2D eigenvalue weighted by atomic mass is 10.2. The van der Waals surface area contributed by atoms with Crippen LogP contribution in [0.2, 0.25) is 0 Å². The summed E-state index contributed by atoms with van der Waals surface area (Å²) in [5.41, 5.74) is 2.70. The molecule has 2 heterocycles. The van der Waals surface area contributed by atoms with Crippen LogP contribution in [0.1, 0.15) is 43.8 Å². The van der Waals surface area contributed by atoms with E-state index in [-0.39, 0.29) is 29.6 Å². The maximum Gasteiger partial charge on any atom is 0.224 e. The van der Waals surface area contributed by atoms with Gasteiger partial charge < -0.3 is 14.3 Å². The second kappa shape index (κ2) is 6.72. The van der Waals surface area contributed by atoms with Gasteiger partial charge in [0.2, 0.25) is 5.91 Å². The zero-order chi connectivity index (χ0) is 20.1. The predicted octanol–water partition coefficient (Wildman–Crippen LogP) is 4.92. The van der Waals surface area contributed by atoms with Crippen molar-refractivity contribution in [3.63, 3.8) is 0 Å². The molecule has 1 N–H and O–H groups in total. The molecule has 1 unspecified atom stereocenters. The maximum absolute atomic E-state index is 13.4. The van der Waals surface area contributed by atoms with E-state index in [2.05, 4.69) is 22.9 Å². The van der Waals surface area contributed by atoms with Crippen LogP contribution in [-0.2, 0) is 11.3 Å². The van der Waals surface area contributed by atoms with Gasteiger partial charge in [0, 0.05) is 23.8 Å². The molecule has 29 heavy (non-hydrogen) atoms. The number of imidazole rings is 1. The number of aryl methyl sites for hydroxylation is 1. The van der Waals surface area contributed by atoms with Crippen molar-refractivity contribution in [2.75, 3.05) is 0 Å². The van der Waals surface area contributed by atoms with E-state index in [1.54, 1.807) is 12.1 Å². The standard InChI is InChI=1S/C23H22FN3O2/c1-3-27-19-7-5-4-6-18(19)26-22(27)16-12-17(16)23(28)25-13(2)21-11-14-10-15(24)8-9-20(14)29-21/h4-11,13,16-17H,3,12H2,1-2H3,(H,25,28)/t13-,16+,17?/m1/s1. The first kappa shape index (κ1) is 17.9. The highest BCUT2D eigenvalue weighted by Crippen LogP contribution is 2.48. The number of hydrogen-bond donors (Lipinski definition) is 1. The predicted molar refractivity (Wildman–Crippen MR) is 109 cm³/mol. The number of furan rings is 1. The highest BCUT2D eigenvalue weighted by Gasteiger charge is 2.47. The average Bonchev–Trinajstić information content (AvgIpc) is 3.25. The van der Waals surface area contributed by atoms with Gasteiger partial charge in [0.1, 0.15) is 23.0 Å². The molecule has 1 fully saturated rings. The summed E-state index contributed by atoms with van der Waals surface area (Å²) in [5.74, 6) is 1.36. The molecular formula is C23H22FN3O2. The van der Waals surface area contributed by atoms with Crippen molar-refractivity contribution < 1.29 is 13.6 Å². The van der Waals surface area contributed by atoms with Crippen LogP contribution in [0.15, 0.2) is 52.9 Å². The molecule has 2 aromatic carbocycles. The fraction of sp³-hybridized carbons (Fsp3) is 0.304. The molecule has 3 atom stereocenters. The van der Waals surface area contributed by atoms with Crippen molar-refractivity contribution in [2.24, 2.45) is 5.92 Å². The molecule has 4 aromatic rings. The molecule has 6 heteroatoms. The van der Waals surface area contributed by atoms with Gasteiger partial charge in [-0.3, -0.25) is 4.79 Å². The minimum atomic E-state index is -0.304. The number of carbonyl (C=O) groups excluding carboxylic acids is 1. The van der Waals surface area contributed by atoms with Crippen molar-refractivity contribution in [3.8, 4) is 0 Å². The Morgan fingerprint density at radius 1 is 1.31 bits per heavy atom. The third-order valence-electron chi connectivity index (χ3n) is 5.74. The van der Waals surface area contributed by atoms with Gasteiger partial charge in [-0.2, -0.15) is 0 Å². The fourth-order valence-electron chi connectivity index (χ4n) is 4.12. The van der Waals surface area contributed by atoms with Crippen molar-refractivity contribution in [2.45, 2.75) is 38.8 Å². The van der Waals surface area contributed by atoms with E-state index in [1.165, 1.54) is 12.1 Å². The third kappa shape index (κ3) is 3.09. The minimum Gasteiger partial charge on any atom is -0.459 e. The van der Waals surface area contributed by atoms with E-state index < -0.39 is 0 Å². The van der Waals surface area contributed by atoms with E-state index >= 15 is 0 Å². The Kier molecular flexibility index (Phi) is 4.15. The van der Waals surface area contributed by atoms with Crippen LogP contribution in [0.3, 0.4) is 0 Å². The molecule has 1 amide bonds. The number of hydrogen-bond acceptors (Lipinski definition) is 3. The zero-order valence-electron chi connectivity index (χ0n) is 16.4. The number of para-hydroxylation sites is 2. The van der Waals surface area contributed by atoms with Gasteiger partial charge in [-0.1, -0.05) is 12.1 Å². The van der Waals surface area contributed by atoms with Gasteiger partial charge in [0.15, 0.2) is 0 Å². The lowest BCUT2D eigenvalue weighted by Gasteiger charge is -2.11. The van der Waals surface area contributed by atoms with Gasteiger partial charge in [-0.15, -0.1) is 0 Å². The van der Waals surface area contributed by atoms with Gasteiger partial charge >= 0.3 is 0 Å².